The van der Waals surface area contributed by atoms with E-state index < -0.39 is 0 Å². The van der Waals surface area contributed by atoms with Crippen molar-refractivity contribution in [1.82, 2.24) is 0 Å². The highest BCUT2D eigenvalue weighted by molar-refractivity contribution is 6.28. The molecule has 4 heterocycles. The molecule has 0 aliphatic heterocycles. The lowest BCUT2D eigenvalue weighted by Gasteiger charge is -2.04. The van der Waals surface area contributed by atoms with E-state index in [-0.39, 0.29) is 0 Å². The monoisotopic (exact) mass is 666 g/mol. The molecule has 0 aliphatic rings. The van der Waals surface area contributed by atoms with Gasteiger partial charge >= 0.3 is 0 Å². The van der Waals surface area contributed by atoms with Crippen LogP contribution in [0.25, 0.3) is 121 Å². The van der Waals surface area contributed by atoms with Gasteiger partial charge in [0.15, 0.2) is 0 Å². The van der Waals surface area contributed by atoms with Crippen molar-refractivity contribution < 1.29 is 17.7 Å². The third-order valence-corrected chi connectivity index (χ3v) is 10.7. The lowest BCUT2D eigenvalue weighted by Crippen LogP contribution is -1.79. The first-order valence-electron chi connectivity index (χ1n) is 17.5. The predicted molar refractivity (Wildman–Crippen MR) is 212 cm³/mol. The Morgan fingerprint density at radius 3 is 0.750 bits per heavy atom. The van der Waals surface area contributed by atoms with Crippen molar-refractivity contribution in [3.63, 3.8) is 0 Å². The van der Waals surface area contributed by atoms with Gasteiger partial charge in [-0.05, 0) is 106 Å². The van der Waals surface area contributed by atoms with Crippen LogP contribution in [0.4, 0.5) is 0 Å². The highest BCUT2D eigenvalue weighted by Crippen LogP contribution is 2.44. The van der Waals surface area contributed by atoms with Crippen molar-refractivity contribution in [2.75, 3.05) is 0 Å². The number of benzene rings is 8. The summed E-state index contributed by atoms with van der Waals surface area (Å²) < 4.78 is 25.7. The molecular formula is C48H26O4. The quantitative estimate of drug-likeness (QED) is 0.188. The van der Waals surface area contributed by atoms with Gasteiger partial charge in [-0.3, -0.25) is 0 Å². The van der Waals surface area contributed by atoms with Gasteiger partial charge in [-0.2, -0.15) is 0 Å². The molecule has 0 saturated carbocycles. The molecule has 12 aromatic rings. The van der Waals surface area contributed by atoms with Gasteiger partial charge in [0.1, 0.15) is 44.7 Å². The second-order valence-electron chi connectivity index (χ2n) is 13.6. The minimum atomic E-state index is 0.841. The molecule has 12 rings (SSSR count). The molecule has 4 nitrogen and oxygen atoms in total. The van der Waals surface area contributed by atoms with Crippen LogP contribution in [0.1, 0.15) is 0 Å². The summed E-state index contributed by atoms with van der Waals surface area (Å²) in [6.45, 7) is 0. The lowest BCUT2D eigenvalue weighted by atomic mass is 9.97. The first-order valence-corrected chi connectivity index (χ1v) is 17.5. The fraction of sp³-hybridized carbons (Fsp3) is 0. The van der Waals surface area contributed by atoms with Gasteiger partial charge in [-0.15, -0.1) is 0 Å². The summed E-state index contributed by atoms with van der Waals surface area (Å²) in [7, 11) is 0. The highest BCUT2D eigenvalue weighted by atomic mass is 16.3. The number of hydrogen-bond acceptors (Lipinski definition) is 4. The minimum absolute atomic E-state index is 0.841. The standard InChI is InChI=1S/C48H26O4/c1-3-7-27(8-4-1)29-11-15-37-33(23-29)45-41(49-37)19-21-43-47(45)35-25-31(13-17-39(35)51-43)32-14-18-40-36(26-32)48-44(52-40)22-20-42-46(48)34-24-30(12-16-38(34)50-42)28-9-5-2-6-10-28/h1-26H. The molecule has 0 fully saturated rings. The van der Waals surface area contributed by atoms with Gasteiger partial charge in [0.25, 0.3) is 0 Å². The van der Waals surface area contributed by atoms with Crippen molar-refractivity contribution in [2.45, 2.75) is 0 Å². The molecule has 0 bridgehead atoms. The largest absolute Gasteiger partial charge is 0.456 e. The first-order chi connectivity index (χ1) is 25.7. The molecule has 0 saturated heterocycles. The Morgan fingerprint density at radius 1 is 0.212 bits per heavy atom. The van der Waals surface area contributed by atoms with Crippen LogP contribution in [-0.4, -0.2) is 0 Å². The second-order valence-corrected chi connectivity index (χ2v) is 13.6. The van der Waals surface area contributed by atoms with Crippen molar-refractivity contribution in [1.29, 1.82) is 0 Å². The molecule has 242 valence electrons. The van der Waals surface area contributed by atoms with Crippen LogP contribution in [0.3, 0.4) is 0 Å². The van der Waals surface area contributed by atoms with E-state index >= 15 is 0 Å². The van der Waals surface area contributed by atoms with Crippen molar-refractivity contribution in [3.8, 4) is 33.4 Å². The molecular weight excluding hydrogens is 641 g/mol. The second kappa shape index (κ2) is 10.3. The van der Waals surface area contributed by atoms with E-state index in [4.69, 9.17) is 17.7 Å². The summed E-state index contributed by atoms with van der Waals surface area (Å²) in [5.74, 6) is 0. The summed E-state index contributed by atoms with van der Waals surface area (Å²) in [4.78, 5) is 0. The van der Waals surface area contributed by atoms with Crippen LogP contribution in [0, 0.1) is 0 Å². The Hall–Kier alpha value is -7.04. The molecule has 0 aliphatic carbocycles. The molecule has 0 amide bonds. The smallest absolute Gasteiger partial charge is 0.136 e. The average molecular weight is 667 g/mol. The summed E-state index contributed by atoms with van der Waals surface area (Å²) in [6.07, 6.45) is 0. The third kappa shape index (κ3) is 3.92. The molecule has 0 unspecified atom stereocenters. The van der Waals surface area contributed by atoms with E-state index in [9.17, 15) is 0 Å². The van der Waals surface area contributed by atoms with Crippen LogP contribution in [0.2, 0.25) is 0 Å². The van der Waals surface area contributed by atoms with Crippen molar-refractivity contribution in [2.24, 2.45) is 0 Å². The fourth-order valence-electron chi connectivity index (χ4n) is 8.25. The summed E-state index contributed by atoms with van der Waals surface area (Å²) in [6, 6.07) is 54.8. The van der Waals surface area contributed by atoms with Gasteiger partial charge in [-0.1, -0.05) is 84.9 Å². The van der Waals surface area contributed by atoms with Crippen LogP contribution in [-0.2, 0) is 0 Å². The number of fused-ring (bicyclic) bond motifs is 14. The van der Waals surface area contributed by atoms with Gasteiger partial charge in [0, 0.05) is 43.1 Å². The topological polar surface area (TPSA) is 52.6 Å². The molecule has 52 heavy (non-hydrogen) atoms. The van der Waals surface area contributed by atoms with Crippen molar-refractivity contribution in [3.05, 3.63) is 158 Å². The van der Waals surface area contributed by atoms with Gasteiger partial charge < -0.3 is 17.7 Å². The molecule has 0 N–H and O–H groups in total. The SMILES string of the molecule is c1ccc(-c2ccc3oc4ccc5oc6ccc(-c7ccc8oc9ccc%10oc%11ccc(-c%12ccccc%12)cc%11c%10c9c8c7)cc6c5c4c3c2)cc1. The Morgan fingerprint density at radius 2 is 0.462 bits per heavy atom. The van der Waals surface area contributed by atoms with E-state index in [1.54, 1.807) is 0 Å². The lowest BCUT2D eigenvalue weighted by molar-refractivity contribution is 0.663. The Kier molecular flexibility index (Phi) is 5.47. The third-order valence-electron chi connectivity index (χ3n) is 10.7. The Balaban J connectivity index is 1.07. The number of hydrogen-bond donors (Lipinski definition) is 0. The summed E-state index contributed by atoms with van der Waals surface area (Å²) in [5.41, 5.74) is 13.6. The van der Waals surface area contributed by atoms with Crippen LogP contribution in [0.15, 0.2) is 175 Å². The summed E-state index contributed by atoms with van der Waals surface area (Å²) in [5, 5.41) is 8.53. The molecule has 0 radical (unpaired) electrons. The maximum absolute atomic E-state index is 6.45. The minimum Gasteiger partial charge on any atom is -0.456 e. The zero-order valence-corrected chi connectivity index (χ0v) is 27.6. The van der Waals surface area contributed by atoms with Gasteiger partial charge in [0.2, 0.25) is 0 Å². The molecule has 4 heteroatoms. The zero-order valence-electron chi connectivity index (χ0n) is 27.6. The van der Waals surface area contributed by atoms with Crippen molar-refractivity contribution >= 4 is 87.8 Å². The zero-order chi connectivity index (χ0) is 33.9. The van der Waals surface area contributed by atoms with Crippen LogP contribution >= 0.6 is 0 Å². The van der Waals surface area contributed by atoms with E-state index in [2.05, 4.69) is 121 Å². The molecule has 0 spiro atoms. The molecule has 8 aromatic carbocycles. The van der Waals surface area contributed by atoms with E-state index in [0.717, 1.165) is 110 Å². The average Bonchev–Trinajstić information content (AvgIpc) is 3.96. The van der Waals surface area contributed by atoms with E-state index in [0.29, 0.717) is 0 Å². The maximum atomic E-state index is 6.45. The first kappa shape index (κ1) is 27.7. The normalized spacial score (nSPS) is 12.2. The highest BCUT2D eigenvalue weighted by Gasteiger charge is 2.20. The van der Waals surface area contributed by atoms with Gasteiger partial charge in [-0.25, -0.2) is 0 Å². The van der Waals surface area contributed by atoms with E-state index in [1.165, 1.54) is 11.1 Å². The number of furan rings is 4. The summed E-state index contributed by atoms with van der Waals surface area (Å²) >= 11 is 0. The Bertz CT molecular complexity index is 3160. The predicted octanol–water partition coefficient (Wildman–Crippen LogP) is 14.3. The molecule has 4 aromatic heterocycles. The maximum Gasteiger partial charge on any atom is 0.136 e. The molecule has 0 atom stereocenters. The Labute approximate surface area is 295 Å². The number of rotatable bonds is 3. The van der Waals surface area contributed by atoms with Crippen LogP contribution in [0.5, 0.6) is 0 Å². The van der Waals surface area contributed by atoms with E-state index in [1.807, 2.05) is 36.4 Å². The van der Waals surface area contributed by atoms with Gasteiger partial charge in [0.05, 0.1) is 0 Å². The fourth-order valence-corrected chi connectivity index (χ4v) is 8.25. The van der Waals surface area contributed by atoms with Crippen LogP contribution < -0.4 is 0 Å².